The molecule has 43 heavy (non-hydrogen) atoms. The number of hydrogen-bond donors (Lipinski definition) is 3. The van der Waals surface area contributed by atoms with Crippen LogP contribution in [-0.4, -0.2) is 50.5 Å². The van der Waals surface area contributed by atoms with Gasteiger partial charge in [-0.05, 0) is 56.0 Å². The smallest absolute Gasteiger partial charge is 0.414 e. The Balaban J connectivity index is 0.000000493. The molecule has 1 fully saturated rings. The number of carbonyl (C=O) groups is 3. The molecular weight excluding hydrogens is 571 g/mol. The van der Waals surface area contributed by atoms with E-state index in [1.165, 1.54) is 57.3 Å². The molecule has 1 heterocycles. The van der Waals surface area contributed by atoms with Crippen LogP contribution < -0.4 is 20.7 Å². The molecule has 1 aliphatic carbocycles. The van der Waals surface area contributed by atoms with Crippen molar-refractivity contribution in [1.82, 2.24) is 0 Å². The van der Waals surface area contributed by atoms with Crippen LogP contribution in [0.3, 0.4) is 0 Å². The molecule has 13 heteroatoms. The summed E-state index contributed by atoms with van der Waals surface area (Å²) in [6, 6.07) is 5.40. The first-order valence-corrected chi connectivity index (χ1v) is 13.9. The van der Waals surface area contributed by atoms with Gasteiger partial charge in [-0.2, -0.15) is 8.78 Å². The number of amides is 2. The maximum Gasteiger partial charge on any atom is 0.414 e. The van der Waals surface area contributed by atoms with Gasteiger partial charge in [-0.15, -0.1) is 0 Å². The van der Waals surface area contributed by atoms with Crippen LogP contribution in [0, 0.1) is 11.7 Å². The van der Waals surface area contributed by atoms with Gasteiger partial charge in [-0.3, -0.25) is 14.5 Å². The molecule has 4 rings (SSSR count). The lowest BCUT2D eigenvalue weighted by atomic mass is 9.91. The lowest BCUT2D eigenvalue weighted by molar-refractivity contribution is -0.126. The molecule has 1 saturated carbocycles. The van der Waals surface area contributed by atoms with Crippen molar-refractivity contribution in [3.8, 4) is 5.75 Å². The minimum Gasteiger partial charge on any atom is -0.471 e. The fraction of sp³-hybridized carbons (Fsp3) is 0.500. The zero-order chi connectivity index (χ0) is 32.1. The van der Waals surface area contributed by atoms with Gasteiger partial charge in [0.15, 0.2) is 6.10 Å². The molecule has 2 unspecified atom stereocenters. The number of fused-ring (bicyclic) bond motifs is 1. The van der Waals surface area contributed by atoms with E-state index < -0.39 is 41.8 Å². The molecule has 2 aromatic rings. The van der Waals surface area contributed by atoms with Gasteiger partial charge in [0.05, 0.1) is 31.3 Å². The number of nitrogen functional groups attached to an aromatic ring is 1. The summed E-state index contributed by atoms with van der Waals surface area (Å²) >= 11 is 0. The molecule has 0 spiro atoms. The Kier molecular flexibility index (Phi) is 14.1. The van der Waals surface area contributed by atoms with Crippen LogP contribution in [0.5, 0.6) is 5.75 Å². The topological polar surface area (TPSA) is 140 Å². The van der Waals surface area contributed by atoms with Crippen molar-refractivity contribution in [3.63, 3.8) is 0 Å². The van der Waals surface area contributed by atoms with Gasteiger partial charge < -0.3 is 30.4 Å². The number of nitrogens with two attached hydrogens (primary N) is 1. The Morgan fingerprint density at radius 3 is 2.28 bits per heavy atom. The predicted molar refractivity (Wildman–Crippen MR) is 155 cm³/mol. The van der Waals surface area contributed by atoms with E-state index in [1.807, 2.05) is 6.92 Å². The van der Waals surface area contributed by atoms with Crippen molar-refractivity contribution in [3.05, 3.63) is 47.3 Å². The number of ether oxygens (including phenoxy) is 3. The largest absolute Gasteiger partial charge is 0.471 e. The highest BCUT2D eigenvalue weighted by molar-refractivity contribution is 6.01. The maximum absolute atomic E-state index is 13.7. The van der Waals surface area contributed by atoms with Gasteiger partial charge in [-0.1, -0.05) is 39.0 Å². The summed E-state index contributed by atoms with van der Waals surface area (Å²) in [4.78, 5) is 35.4. The minimum atomic E-state index is -3.24. The van der Waals surface area contributed by atoms with Gasteiger partial charge in [0.2, 0.25) is 0 Å². The van der Waals surface area contributed by atoms with Gasteiger partial charge >= 0.3 is 12.7 Å². The highest BCUT2D eigenvalue weighted by atomic mass is 19.3. The zero-order valence-corrected chi connectivity index (χ0v) is 24.8. The van der Waals surface area contributed by atoms with Crippen LogP contribution >= 0.6 is 0 Å². The lowest BCUT2D eigenvalue weighted by Gasteiger charge is -2.35. The van der Waals surface area contributed by atoms with E-state index in [1.54, 1.807) is 6.07 Å². The van der Waals surface area contributed by atoms with Gasteiger partial charge in [-0.25, -0.2) is 9.18 Å². The summed E-state index contributed by atoms with van der Waals surface area (Å²) in [7, 11) is 2.56. The molecule has 238 valence electrons. The van der Waals surface area contributed by atoms with Crippen molar-refractivity contribution in [2.45, 2.75) is 77.6 Å². The van der Waals surface area contributed by atoms with Gasteiger partial charge in [0.25, 0.3) is 12.4 Å². The second-order valence-electron chi connectivity index (χ2n) is 10.3. The van der Waals surface area contributed by atoms with Crippen molar-refractivity contribution in [1.29, 1.82) is 0 Å². The number of hydrogen-bond acceptors (Lipinski definition) is 8. The average Bonchev–Trinajstić information content (AvgIpc) is 2.99. The third kappa shape index (κ3) is 10.1. The normalized spacial score (nSPS) is 16.8. The minimum absolute atomic E-state index is 0.153. The van der Waals surface area contributed by atoms with Crippen molar-refractivity contribution in [2.24, 2.45) is 5.92 Å². The first kappa shape index (κ1) is 35.2. The van der Waals surface area contributed by atoms with Crippen molar-refractivity contribution in [2.75, 3.05) is 30.2 Å². The summed E-state index contributed by atoms with van der Waals surface area (Å²) in [6.07, 6.45) is 5.82. The quantitative estimate of drug-likeness (QED) is 0.268. The summed E-state index contributed by atoms with van der Waals surface area (Å²) in [6.45, 7) is 1.34. The molecule has 4 N–H and O–H groups in total. The fourth-order valence-electron chi connectivity index (χ4n) is 4.95. The molecule has 0 saturated heterocycles. The highest BCUT2D eigenvalue weighted by Crippen LogP contribution is 2.40. The predicted octanol–water partition coefficient (Wildman–Crippen LogP) is 5.96. The molecule has 0 bridgehead atoms. The molecule has 10 nitrogen and oxygen atoms in total. The van der Waals surface area contributed by atoms with Crippen LogP contribution in [0.15, 0.2) is 30.3 Å². The number of alkyl halides is 2. The Hall–Kier alpha value is -4.00. The van der Waals surface area contributed by atoms with E-state index in [0.717, 1.165) is 24.1 Å². The van der Waals surface area contributed by atoms with E-state index >= 15 is 0 Å². The van der Waals surface area contributed by atoms with Crippen molar-refractivity contribution >= 4 is 35.5 Å². The van der Waals surface area contributed by atoms with Crippen LogP contribution in [0.25, 0.3) is 0 Å². The van der Waals surface area contributed by atoms with E-state index in [2.05, 4.69) is 21.7 Å². The fourth-order valence-corrected chi connectivity index (χ4v) is 4.95. The number of nitrogens with zero attached hydrogens (tertiary/aromatic N) is 1. The van der Waals surface area contributed by atoms with Crippen LogP contribution in [0.1, 0.15) is 69.6 Å². The molecular formula is C30H40F3N3O7. The Labute approximate surface area is 249 Å². The van der Waals surface area contributed by atoms with Crippen molar-refractivity contribution < 1.29 is 46.9 Å². The number of halogens is 3. The SMILES string of the molecule is CC1CCCCC1.COC(=O)N1c2ccc(N)c(NC(=O)C(O)c3cc(F)ccc3OC(F)F)c2CCC1C.COC=O. The molecule has 2 aliphatic rings. The summed E-state index contributed by atoms with van der Waals surface area (Å²) < 4.78 is 52.0. The highest BCUT2D eigenvalue weighted by Gasteiger charge is 2.32. The number of aliphatic hydroxyl groups is 1. The number of rotatable bonds is 6. The standard InChI is InChI=1S/C21H22F3N3O5.C7H14.C2H4O2/c1-10-3-5-12-15(27(10)21(30)31-2)7-6-14(25)17(12)26-19(29)18(28)13-9-11(22)4-8-16(13)32-20(23)24;1-7-5-3-2-4-6-7;1-4-2-3/h4,6-10,18,20,28H,3,5,25H2,1-2H3,(H,26,29);7H,2-6H2,1H3;2H,1H3. The third-order valence-electron chi connectivity index (χ3n) is 7.17. The van der Waals surface area contributed by atoms with Gasteiger partial charge in [0.1, 0.15) is 11.6 Å². The number of nitrogens with one attached hydrogen (secondary N) is 1. The van der Waals surface area contributed by atoms with E-state index in [4.69, 9.17) is 15.3 Å². The second kappa shape index (κ2) is 17.2. The number of methoxy groups -OCH3 is 2. The monoisotopic (exact) mass is 611 g/mol. The van der Waals surface area contributed by atoms with Gasteiger partial charge in [0, 0.05) is 17.2 Å². The van der Waals surface area contributed by atoms with E-state index in [-0.39, 0.29) is 17.4 Å². The Bertz CT molecular complexity index is 1230. The lowest BCUT2D eigenvalue weighted by Crippen LogP contribution is -2.42. The van der Waals surface area contributed by atoms with E-state index in [0.29, 0.717) is 30.6 Å². The van der Waals surface area contributed by atoms with Crippen LogP contribution in [0.4, 0.5) is 35.0 Å². The average molecular weight is 612 g/mol. The molecule has 2 amide bonds. The maximum atomic E-state index is 13.7. The van der Waals surface area contributed by atoms with Crippen LogP contribution in [-0.2, 0) is 25.5 Å². The zero-order valence-electron chi connectivity index (χ0n) is 24.8. The second-order valence-corrected chi connectivity index (χ2v) is 10.3. The Morgan fingerprint density at radius 2 is 1.74 bits per heavy atom. The molecule has 2 atom stereocenters. The first-order chi connectivity index (χ1) is 20.4. The molecule has 0 aromatic heterocycles. The van der Waals surface area contributed by atoms with E-state index in [9.17, 15) is 27.9 Å². The number of aliphatic hydroxyl groups excluding tert-OH is 1. The first-order valence-electron chi connectivity index (χ1n) is 13.9. The van der Waals surface area contributed by atoms with Crippen LogP contribution in [0.2, 0.25) is 0 Å². The summed E-state index contributed by atoms with van der Waals surface area (Å²) in [5.41, 5.74) is 6.87. The Morgan fingerprint density at radius 1 is 1.09 bits per heavy atom. The number of carbonyl (C=O) groups excluding carboxylic acids is 3. The molecule has 2 aromatic carbocycles. The third-order valence-corrected chi connectivity index (χ3v) is 7.17. The summed E-state index contributed by atoms with van der Waals surface area (Å²) in [5.74, 6) is -1.41. The molecule has 1 aliphatic heterocycles. The molecule has 0 radical (unpaired) electrons. The number of anilines is 3. The number of benzene rings is 2. The summed E-state index contributed by atoms with van der Waals surface area (Å²) in [5, 5.41) is 12.9.